The summed E-state index contributed by atoms with van der Waals surface area (Å²) in [5, 5.41) is 0. The van der Waals surface area contributed by atoms with Gasteiger partial charge in [0.15, 0.2) is 5.89 Å². The predicted octanol–water partition coefficient (Wildman–Crippen LogP) is 2.46. The Morgan fingerprint density at radius 1 is 1.38 bits per heavy atom. The van der Waals surface area contributed by atoms with Gasteiger partial charge in [-0.15, -0.1) is 0 Å². The topological polar surface area (TPSA) is 67.4 Å². The van der Waals surface area contributed by atoms with Crippen molar-refractivity contribution in [2.45, 2.75) is 45.6 Å². The normalized spacial score (nSPS) is 17.9. The van der Waals surface area contributed by atoms with Crippen LogP contribution in [0.4, 0.5) is 0 Å². The molecule has 26 heavy (non-hydrogen) atoms. The van der Waals surface area contributed by atoms with E-state index in [1.807, 2.05) is 18.0 Å². The van der Waals surface area contributed by atoms with Crippen LogP contribution in [0.5, 0.6) is 0 Å². The van der Waals surface area contributed by atoms with Crippen LogP contribution in [0.3, 0.4) is 0 Å². The lowest BCUT2D eigenvalue weighted by Crippen LogP contribution is -2.40. The zero-order valence-electron chi connectivity index (χ0n) is 16.2. The van der Waals surface area contributed by atoms with Gasteiger partial charge < -0.3 is 18.8 Å². The van der Waals surface area contributed by atoms with E-state index in [9.17, 15) is 4.79 Å². The second-order valence-corrected chi connectivity index (χ2v) is 7.37. The van der Waals surface area contributed by atoms with Gasteiger partial charge in [0.1, 0.15) is 5.82 Å². The van der Waals surface area contributed by atoms with Crippen LogP contribution in [-0.2, 0) is 6.54 Å². The fourth-order valence-electron chi connectivity index (χ4n) is 3.67. The molecule has 2 aromatic rings. The van der Waals surface area contributed by atoms with Crippen molar-refractivity contribution in [1.82, 2.24) is 24.3 Å². The highest BCUT2D eigenvalue weighted by Crippen LogP contribution is 2.27. The number of hydrogen-bond donors (Lipinski definition) is 0. The molecule has 1 atom stereocenters. The highest BCUT2D eigenvalue weighted by Gasteiger charge is 2.30. The molecule has 0 radical (unpaired) electrons. The number of amides is 1. The van der Waals surface area contributed by atoms with Gasteiger partial charge in [0, 0.05) is 44.9 Å². The van der Waals surface area contributed by atoms with Gasteiger partial charge in [0.2, 0.25) is 5.76 Å². The summed E-state index contributed by atoms with van der Waals surface area (Å²) in [5.74, 6) is 2.21. The Bertz CT molecular complexity index is 749. The molecule has 3 rings (SSSR count). The van der Waals surface area contributed by atoms with Crippen molar-refractivity contribution >= 4 is 5.91 Å². The molecule has 0 aliphatic carbocycles. The highest BCUT2D eigenvalue weighted by atomic mass is 16.4. The van der Waals surface area contributed by atoms with Crippen LogP contribution in [-0.4, -0.2) is 64.0 Å². The maximum absolute atomic E-state index is 12.8. The van der Waals surface area contributed by atoms with Crippen molar-refractivity contribution < 1.29 is 9.21 Å². The zero-order chi connectivity index (χ0) is 18.7. The van der Waals surface area contributed by atoms with E-state index >= 15 is 0 Å². The fourth-order valence-corrected chi connectivity index (χ4v) is 3.67. The van der Waals surface area contributed by atoms with Gasteiger partial charge in [0.25, 0.3) is 5.91 Å². The zero-order valence-corrected chi connectivity index (χ0v) is 16.2. The van der Waals surface area contributed by atoms with Crippen LogP contribution in [0.2, 0.25) is 0 Å². The van der Waals surface area contributed by atoms with E-state index in [1.165, 1.54) is 0 Å². The minimum absolute atomic E-state index is 0.0569. The van der Waals surface area contributed by atoms with Crippen molar-refractivity contribution in [3.05, 3.63) is 35.6 Å². The summed E-state index contributed by atoms with van der Waals surface area (Å²) >= 11 is 0. The van der Waals surface area contributed by atoms with Gasteiger partial charge in [0.05, 0.1) is 5.69 Å². The number of aromatic nitrogens is 3. The Labute approximate surface area is 155 Å². The van der Waals surface area contributed by atoms with Crippen LogP contribution in [0.25, 0.3) is 0 Å². The first kappa shape index (κ1) is 18.6. The molecule has 0 bridgehead atoms. The molecule has 0 N–H and O–H groups in total. The van der Waals surface area contributed by atoms with E-state index in [4.69, 9.17) is 4.42 Å². The third-order valence-corrected chi connectivity index (χ3v) is 4.92. The van der Waals surface area contributed by atoms with Crippen molar-refractivity contribution in [3.63, 3.8) is 0 Å². The molecular weight excluding hydrogens is 330 g/mol. The predicted molar refractivity (Wildman–Crippen MR) is 99.3 cm³/mol. The SMILES string of the molecule is Cc1nc(C)c(C(=O)N2CCC[C@H](c3nccn3CCCN(C)C)C2)o1. The number of aryl methyl sites for hydroxylation is 3. The van der Waals surface area contributed by atoms with Gasteiger partial charge in [-0.05, 0) is 46.8 Å². The molecule has 1 aliphatic rings. The first-order chi connectivity index (χ1) is 12.5. The van der Waals surface area contributed by atoms with Crippen molar-refractivity contribution in [3.8, 4) is 0 Å². The molecule has 7 nitrogen and oxygen atoms in total. The molecule has 2 aromatic heterocycles. The summed E-state index contributed by atoms with van der Waals surface area (Å²) in [6, 6.07) is 0. The number of piperidine rings is 1. The molecule has 3 heterocycles. The maximum Gasteiger partial charge on any atom is 0.291 e. The molecule has 1 saturated heterocycles. The van der Waals surface area contributed by atoms with Gasteiger partial charge >= 0.3 is 0 Å². The van der Waals surface area contributed by atoms with Crippen LogP contribution in [0.15, 0.2) is 16.8 Å². The number of rotatable bonds is 6. The van der Waals surface area contributed by atoms with Gasteiger partial charge in [-0.1, -0.05) is 0 Å². The monoisotopic (exact) mass is 359 g/mol. The second-order valence-electron chi connectivity index (χ2n) is 7.37. The minimum Gasteiger partial charge on any atom is -0.436 e. The Morgan fingerprint density at radius 2 is 2.19 bits per heavy atom. The van der Waals surface area contributed by atoms with Gasteiger partial charge in [-0.25, -0.2) is 9.97 Å². The summed E-state index contributed by atoms with van der Waals surface area (Å²) in [4.78, 5) is 25.7. The Hall–Kier alpha value is -2.15. The lowest BCUT2D eigenvalue weighted by Gasteiger charge is -2.32. The van der Waals surface area contributed by atoms with E-state index < -0.39 is 0 Å². The molecular formula is C19H29N5O2. The number of carbonyl (C=O) groups excluding carboxylic acids is 1. The van der Waals surface area contributed by atoms with Crippen molar-refractivity contribution in [1.29, 1.82) is 0 Å². The fraction of sp³-hybridized carbons (Fsp3) is 0.632. The summed E-state index contributed by atoms with van der Waals surface area (Å²) in [7, 11) is 4.18. The largest absolute Gasteiger partial charge is 0.436 e. The summed E-state index contributed by atoms with van der Waals surface area (Å²) in [6.07, 6.45) is 7.05. The van der Waals surface area contributed by atoms with Crippen molar-refractivity contribution in [2.24, 2.45) is 0 Å². The minimum atomic E-state index is -0.0569. The smallest absolute Gasteiger partial charge is 0.291 e. The number of carbonyl (C=O) groups is 1. The van der Waals surface area contributed by atoms with Gasteiger partial charge in [-0.2, -0.15) is 0 Å². The summed E-state index contributed by atoms with van der Waals surface area (Å²) < 4.78 is 7.77. The first-order valence-electron chi connectivity index (χ1n) is 9.34. The van der Waals surface area contributed by atoms with Gasteiger partial charge in [-0.3, -0.25) is 4.79 Å². The molecule has 1 fully saturated rings. The third-order valence-electron chi connectivity index (χ3n) is 4.92. The van der Waals surface area contributed by atoms with Crippen LogP contribution < -0.4 is 0 Å². The van der Waals surface area contributed by atoms with E-state index in [0.29, 0.717) is 23.9 Å². The van der Waals surface area contributed by atoms with E-state index in [1.54, 1.807) is 6.92 Å². The first-order valence-corrected chi connectivity index (χ1v) is 9.34. The Kier molecular flexibility index (Phi) is 5.76. The molecule has 142 valence electrons. The number of nitrogens with zero attached hydrogens (tertiary/aromatic N) is 5. The quantitative estimate of drug-likeness (QED) is 0.792. The van der Waals surface area contributed by atoms with E-state index in [0.717, 1.165) is 44.7 Å². The highest BCUT2D eigenvalue weighted by molar-refractivity contribution is 5.92. The molecule has 1 aliphatic heterocycles. The third kappa shape index (κ3) is 4.15. The van der Waals surface area contributed by atoms with Crippen LogP contribution >= 0.6 is 0 Å². The Balaban J connectivity index is 1.68. The Morgan fingerprint density at radius 3 is 2.88 bits per heavy atom. The van der Waals surface area contributed by atoms with E-state index in [2.05, 4.69) is 39.7 Å². The second kappa shape index (κ2) is 8.03. The van der Waals surface area contributed by atoms with Crippen LogP contribution in [0, 0.1) is 13.8 Å². The maximum atomic E-state index is 12.8. The molecule has 0 spiro atoms. The van der Waals surface area contributed by atoms with Crippen molar-refractivity contribution in [2.75, 3.05) is 33.7 Å². The lowest BCUT2D eigenvalue weighted by molar-refractivity contribution is 0.0668. The molecule has 0 unspecified atom stereocenters. The van der Waals surface area contributed by atoms with E-state index in [-0.39, 0.29) is 11.8 Å². The number of oxazole rings is 1. The molecule has 0 saturated carbocycles. The molecule has 1 amide bonds. The molecule has 7 heteroatoms. The summed E-state index contributed by atoms with van der Waals surface area (Å²) in [6.45, 7) is 7.05. The lowest BCUT2D eigenvalue weighted by atomic mass is 9.96. The number of likely N-dealkylation sites (tertiary alicyclic amines) is 1. The average Bonchev–Trinajstić information content (AvgIpc) is 3.20. The van der Waals surface area contributed by atoms with Crippen LogP contribution in [0.1, 0.15) is 53.1 Å². The summed E-state index contributed by atoms with van der Waals surface area (Å²) in [5.41, 5.74) is 0.666. The average molecular weight is 359 g/mol. The molecule has 0 aromatic carbocycles. The standard InChI is InChI=1S/C19H29N5O2/c1-14-17(26-15(2)21-14)19(25)24-10-5-7-16(13-24)18-20-8-12-23(18)11-6-9-22(3)4/h8,12,16H,5-7,9-11,13H2,1-4H3/t16-/m0/s1. The number of imidazole rings is 1. The number of hydrogen-bond acceptors (Lipinski definition) is 5.